The van der Waals surface area contributed by atoms with Crippen molar-refractivity contribution in [2.45, 2.75) is 39.5 Å². The van der Waals surface area contributed by atoms with Crippen molar-refractivity contribution in [1.29, 1.82) is 0 Å². The van der Waals surface area contributed by atoms with Crippen molar-refractivity contribution in [2.75, 3.05) is 14.2 Å². The molecule has 11 heteroatoms. The van der Waals surface area contributed by atoms with Crippen molar-refractivity contribution in [3.63, 3.8) is 0 Å². The third-order valence-corrected chi connectivity index (χ3v) is 9.12. The lowest BCUT2D eigenvalue weighted by Crippen LogP contribution is -2.40. The average Bonchev–Trinajstić information content (AvgIpc) is 3.29. The molecule has 8 nitrogen and oxygen atoms in total. The first-order chi connectivity index (χ1) is 21.1. The van der Waals surface area contributed by atoms with Gasteiger partial charge >= 0.3 is 5.97 Å². The fourth-order valence-electron chi connectivity index (χ4n) is 4.92. The lowest BCUT2D eigenvalue weighted by molar-refractivity contribution is -0.143. The van der Waals surface area contributed by atoms with Crippen molar-refractivity contribution < 1.29 is 23.7 Å². The van der Waals surface area contributed by atoms with Crippen LogP contribution in [0.3, 0.4) is 0 Å². The molecule has 0 radical (unpaired) electrons. The van der Waals surface area contributed by atoms with Crippen LogP contribution < -0.4 is 29.1 Å². The van der Waals surface area contributed by atoms with Crippen molar-refractivity contribution in [2.24, 2.45) is 4.99 Å². The van der Waals surface area contributed by atoms with Gasteiger partial charge in [-0.2, -0.15) is 0 Å². The largest absolute Gasteiger partial charge is 0.496 e. The van der Waals surface area contributed by atoms with E-state index < -0.39 is 12.0 Å². The highest BCUT2D eigenvalue weighted by atomic mass is 127. The summed E-state index contributed by atoms with van der Waals surface area (Å²) in [6, 6.07) is 18.4. The van der Waals surface area contributed by atoms with Crippen LogP contribution >= 0.6 is 49.9 Å². The Morgan fingerprint density at radius 1 is 1.09 bits per heavy atom. The minimum absolute atomic E-state index is 0.283. The van der Waals surface area contributed by atoms with Crippen LogP contribution in [0.2, 0.25) is 0 Å². The number of hydrogen-bond acceptors (Lipinski definition) is 8. The summed E-state index contributed by atoms with van der Waals surface area (Å²) in [6.45, 7) is 5.72. The monoisotopic (exact) mass is 788 g/mol. The molecule has 1 aliphatic heterocycles. The number of carbonyl (C=O) groups is 1. The maximum absolute atomic E-state index is 14.1. The molecule has 0 saturated heterocycles. The first-order valence-electron chi connectivity index (χ1n) is 13.7. The zero-order valence-electron chi connectivity index (χ0n) is 24.7. The van der Waals surface area contributed by atoms with Gasteiger partial charge in [0, 0.05) is 10.0 Å². The number of benzene rings is 3. The minimum atomic E-state index is -0.810. The Labute approximate surface area is 280 Å². The van der Waals surface area contributed by atoms with E-state index in [4.69, 9.17) is 23.9 Å². The molecule has 228 valence electrons. The smallest absolute Gasteiger partial charge is 0.338 e. The Kier molecular flexibility index (Phi) is 9.96. The number of halogens is 2. The van der Waals surface area contributed by atoms with Gasteiger partial charge in [0.15, 0.2) is 16.3 Å². The summed E-state index contributed by atoms with van der Waals surface area (Å²) in [6.07, 6.45) is 1.45. The molecule has 2 heterocycles. The number of hydrogen-bond donors (Lipinski definition) is 0. The van der Waals surface area contributed by atoms with Gasteiger partial charge in [0.25, 0.3) is 5.56 Å². The molecular formula is C33H30BrIN2O6S. The molecule has 0 spiro atoms. The molecule has 3 aromatic carbocycles. The lowest BCUT2D eigenvalue weighted by atomic mass is 9.95. The third-order valence-electron chi connectivity index (χ3n) is 6.85. The molecule has 0 N–H and O–H groups in total. The summed E-state index contributed by atoms with van der Waals surface area (Å²) < 4.78 is 26.7. The van der Waals surface area contributed by atoms with Gasteiger partial charge in [-0.3, -0.25) is 9.36 Å². The summed E-state index contributed by atoms with van der Waals surface area (Å²) in [4.78, 5) is 32.8. The second kappa shape index (κ2) is 13.7. The molecule has 0 bridgehead atoms. The Morgan fingerprint density at radius 3 is 2.50 bits per heavy atom. The number of nitrogens with zero attached hydrogens (tertiary/aromatic N) is 2. The van der Waals surface area contributed by atoms with Gasteiger partial charge in [0.1, 0.15) is 18.4 Å². The molecule has 0 aliphatic carbocycles. The molecule has 1 aliphatic rings. The quantitative estimate of drug-likeness (QED) is 0.150. The topological polar surface area (TPSA) is 88.4 Å². The van der Waals surface area contributed by atoms with Crippen molar-refractivity contribution in [3.05, 3.63) is 116 Å². The first kappa shape index (κ1) is 32.0. The van der Waals surface area contributed by atoms with Crippen LogP contribution in [0.25, 0.3) is 6.08 Å². The van der Waals surface area contributed by atoms with Gasteiger partial charge in [0.2, 0.25) is 0 Å². The zero-order valence-corrected chi connectivity index (χ0v) is 29.3. The molecule has 0 unspecified atom stereocenters. The van der Waals surface area contributed by atoms with Crippen LogP contribution in [-0.2, 0) is 16.1 Å². The molecule has 1 atom stereocenters. The van der Waals surface area contributed by atoms with Crippen molar-refractivity contribution in [3.8, 4) is 17.2 Å². The van der Waals surface area contributed by atoms with Crippen LogP contribution in [0.5, 0.6) is 17.2 Å². The third kappa shape index (κ3) is 6.64. The van der Waals surface area contributed by atoms with Crippen molar-refractivity contribution >= 4 is 61.9 Å². The number of carbonyl (C=O) groups excluding carboxylic acids is 1. The standard InChI is InChI=1S/C33H30BrIN2O6S/c1-18(2)43-32(39)28-19(3)36-33-37(29(28)23-16-22(34)11-12-25(23)40-4)31(38)27(44-33)15-21-13-24(35)30(26(14-21)41-5)42-17-20-9-7-6-8-10-20/h6-16,18,29H,17H2,1-5H3/b27-15-/t29-/m1/s1. The van der Waals surface area contributed by atoms with Gasteiger partial charge in [-0.25, -0.2) is 9.79 Å². The molecule has 0 saturated carbocycles. The summed E-state index contributed by atoms with van der Waals surface area (Å²) >= 11 is 7.00. The summed E-state index contributed by atoms with van der Waals surface area (Å²) in [5.74, 6) is 1.18. The second-order valence-electron chi connectivity index (χ2n) is 10.2. The fraction of sp³-hybridized carbons (Fsp3) is 0.242. The van der Waals surface area contributed by atoms with E-state index in [0.717, 1.165) is 19.2 Å². The first-order valence-corrected chi connectivity index (χ1v) is 16.4. The normalized spacial score (nSPS) is 14.7. The highest BCUT2D eigenvalue weighted by Crippen LogP contribution is 2.38. The van der Waals surface area contributed by atoms with E-state index in [1.165, 1.54) is 11.3 Å². The van der Waals surface area contributed by atoms with E-state index in [9.17, 15) is 9.59 Å². The molecule has 4 aromatic rings. The minimum Gasteiger partial charge on any atom is -0.496 e. The number of aromatic nitrogens is 1. The number of thiazole rings is 1. The van der Waals surface area contributed by atoms with E-state index >= 15 is 0 Å². The number of ether oxygens (including phenoxy) is 4. The molecule has 0 fully saturated rings. The predicted molar refractivity (Wildman–Crippen MR) is 182 cm³/mol. The predicted octanol–water partition coefficient (Wildman–Crippen LogP) is 6.15. The summed E-state index contributed by atoms with van der Waals surface area (Å²) in [5.41, 5.74) is 2.91. The van der Waals surface area contributed by atoms with Gasteiger partial charge in [-0.1, -0.05) is 57.6 Å². The number of rotatable bonds is 9. The molecule has 5 rings (SSSR count). The molecule has 0 amide bonds. The van der Waals surface area contributed by atoms with Crippen LogP contribution in [0.4, 0.5) is 0 Å². The van der Waals surface area contributed by atoms with E-state index in [-0.39, 0.29) is 17.2 Å². The van der Waals surface area contributed by atoms with Crippen LogP contribution in [-0.4, -0.2) is 30.9 Å². The number of esters is 1. The van der Waals surface area contributed by atoms with E-state index in [1.54, 1.807) is 51.7 Å². The van der Waals surface area contributed by atoms with Crippen molar-refractivity contribution in [1.82, 2.24) is 4.57 Å². The van der Waals surface area contributed by atoms with E-state index in [0.29, 0.717) is 44.4 Å². The van der Waals surface area contributed by atoms with Gasteiger partial charge < -0.3 is 18.9 Å². The summed E-state index contributed by atoms with van der Waals surface area (Å²) in [7, 11) is 3.14. The Morgan fingerprint density at radius 2 is 1.82 bits per heavy atom. The fourth-order valence-corrected chi connectivity index (χ4v) is 7.12. The number of fused-ring (bicyclic) bond motifs is 1. The Bertz CT molecular complexity index is 1930. The molecule has 1 aromatic heterocycles. The maximum Gasteiger partial charge on any atom is 0.338 e. The maximum atomic E-state index is 14.1. The van der Waals surface area contributed by atoms with Gasteiger partial charge in [-0.05, 0) is 90.9 Å². The molecular weight excluding hydrogens is 759 g/mol. The van der Waals surface area contributed by atoms with Crippen LogP contribution in [0.1, 0.15) is 43.5 Å². The van der Waals surface area contributed by atoms with Gasteiger partial charge in [0.05, 0.1) is 39.7 Å². The second-order valence-corrected chi connectivity index (χ2v) is 13.3. The van der Waals surface area contributed by atoms with Crippen LogP contribution in [0.15, 0.2) is 86.2 Å². The lowest BCUT2D eigenvalue weighted by Gasteiger charge is -2.26. The van der Waals surface area contributed by atoms with Gasteiger partial charge in [-0.15, -0.1) is 0 Å². The Hall–Kier alpha value is -3.42. The highest BCUT2D eigenvalue weighted by molar-refractivity contribution is 14.1. The summed E-state index contributed by atoms with van der Waals surface area (Å²) in [5, 5.41) is 0. The van der Waals surface area contributed by atoms with E-state index in [1.807, 2.05) is 54.6 Å². The number of allylic oxidation sites excluding steroid dienone is 1. The number of methoxy groups -OCH3 is 2. The van der Waals surface area contributed by atoms with Crippen LogP contribution in [0, 0.1) is 3.57 Å². The Balaban J connectivity index is 1.63. The van der Waals surface area contributed by atoms with E-state index in [2.05, 4.69) is 38.5 Å². The molecule has 44 heavy (non-hydrogen) atoms. The highest BCUT2D eigenvalue weighted by Gasteiger charge is 2.35. The average molecular weight is 789 g/mol. The SMILES string of the molecule is COc1ccc(Br)cc1[C@@H]1C(C(=O)OC(C)C)=C(C)N=c2s/c(=C\c3cc(I)c(OCc4ccccc4)c(OC)c3)c(=O)n21. The zero-order chi connectivity index (χ0) is 31.5.